The zero-order chi connectivity index (χ0) is 47.2. The van der Waals surface area contributed by atoms with Crippen molar-refractivity contribution >= 4 is 40.8 Å². The number of allylic oxidation sites excluding steroid dienone is 1. The van der Waals surface area contributed by atoms with Gasteiger partial charge in [-0.15, -0.1) is 0 Å². The molecule has 1 fully saturated rings. The van der Waals surface area contributed by atoms with Gasteiger partial charge in [-0.25, -0.2) is 4.79 Å². The van der Waals surface area contributed by atoms with Gasteiger partial charge in [-0.05, 0) is 93.8 Å². The van der Waals surface area contributed by atoms with Crippen molar-refractivity contribution < 1.29 is 36.5 Å². The Morgan fingerprint density at radius 3 is 1.63 bits per heavy atom. The smallest absolute Gasteiger partial charge is 0.466 e. The quantitative estimate of drug-likeness (QED) is 0.0243. The molecule has 2 aliphatic carbocycles. The Balaban J connectivity index is 1.56. The van der Waals surface area contributed by atoms with Crippen LogP contribution < -0.4 is 19.4 Å². The SMILES string of the molecule is COC(=O)/C=C(\OP(=O)(Oc1ccccc1)Oc1ccccc1)[C@@H]1C(C)=C[C@@H]2[C@H]([C@@H]1CO[Si](c1ccccc1)(c1ccccc1)C(C)(C)C)[C@@H](C)CC[C@@H]2O[Si](C(C)C)(C(C)C)C(C)C. The minimum absolute atomic E-state index is 0.00999. The summed E-state index contributed by atoms with van der Waals surface area (Å²) in [6.07, 6.45) is 5.59. The second kappa shape index (κ2) is 21.2. The number of hydrogen-bond acceptors (Lipinski definition) is 8. The number of hydrogen-bond donors (Lipinski definition) is 0. The van der Waals surface area contributed by atoms with Gasteiger partial charge < -0.3 is 27.2 Å². The predicted molar refractivity (Wildman–Crippen MR) is 269 cm³/mol. The maximum Gasteiger partial charge on any atom is 0.646 e. The molecule has 0 N–H and O–H groups in total. The maximum absolute atomic E-state index is 15.3. The van der Waals surface area contributed by atoms with E-state index in [4.69, 9.17) is 27.2 Å². The molecule has 0 aliphatic heterocycles. The lowest BCUT2D eigenvalue weighted by Crippen LogP contribution is -2.67. The first-order valence-electron chi connectivity index (χ1n) is 23.6. The van der Waals surface area contributed by atoms with Crippen LogP contribution in [0.1, 0.15) is 89.0 Å². The molecule has 4 aromatic carbocycles. The predicted octanol–water partition coefficient (Wildman–Crippen LogP) is 13.3. The van der Waals surface area contributed by atoms with Crippen LogP contribution >= 0.6 is 7.82 Å². The van der Waals surface area contributed by atoms with Crippen molar-refractivity contribution in [2.45, 2.75) is 117 Å². The van der Waals surface area contributed by atoms with Crippen LogP contribution in [0.3, 0.4) is 0 Å². The third-order valence-electron chi connectivity index (χ3n) is 14.2. The highest BCUT2D eigenvalue weighted by molar-refractivity contribution is 7.49. The summed E-state index contributed by atoms with van der Waals surface area (Å²) in [5.41, 5.74) is 2.23. The number of benzene rings is 4. The lowest BCUT2D eigenvalue weighted by molar-refractivity contribution is -0.135. The number of fused-ring (bicyclic) bond motifs is 1. The molecule has 2 aliphatic rings. The van der Waals surface area contributed by atoms with E-state index < -0.39 is 36.3 Å². The third-order valence-corrected chi connectivity index (χ3v) is 26.6. The lowest BCUT2D eigenvalue weighted by Gasteiger charge is -2.54. The van der Waals surface area contributed by atoms with Crippen molar-refractivity contribution in [1.82, 2.24) is 0 Å². The molecule has 0 unspecified atom stereocenters. The topological polar surface area (TPSA) is 89.5 Å². The first kappa shape index (κ1) is 50.2. The molecule has 0 bridgehead atoms. The van der Waals surface area contributed by atoms with E-state index in [0.29, 0.717) is 34.7 Å². The van der Waals surface area contributed by atoms with Gasteiger partial charge in [0.25, 0.3) is 8.32 Å². The first-order chi connectivity index (χ1) is 30.9. The fraction of sp³-hybridized carbons (Fsp3) is 0.463. The van der Waals surface area contributed by atoms with Gasteiger partial charge in [0, 0.05) is 18.4 Å². The summed E-state index contributed by atoms with van der Waals surface area (Å²) in [5, 5.41) is 2.05. The van der Waals surface area contributed by atoms with E-state index in [0.717, 1.165) is 18.4 Å². The fourth-order valence-electron chi connectivity index (χ4n) is 11.5. The third kappa shape index (κ3) is 10.8. The molecule has 0 amide bonds. The van der Waals surface area contributed by atoms with Crippen molar-refractivity contribution in [2.24, 2.45) is 29.6 Å². The molecule has 8 nitrogen and oxygen atoms in total. The molecular weight excluding hydrogens is 864 g/mol. The zero-order valence-electron chi connectivity index (χ0n) is 40.7. The average molecular weight is 937 g/mol. The Labute approximate surface area is 392 Å². The van der Waals surface area contributed by atoms with Crippen molar-refractivity contribution in [3.8, 4) is 11.5 Å². The van der Waals surface area contributed by atoms with E-state index in [2.05, 4.69) is 143 Å². The van der Waals surface area contributed by atoms with Crippen LogP contribution in [0.25, 0.3) is 0 Å². The van der Waals surface area contributed by atoms with Crippen molar-refractivity contribution in [2.75, 3.05) is 13.7 Å². The number of phosphoric ester groups is 1. The molecule has 0 aromatic heterocycles. The van der Waals surface area contributed by atoms with E-state index >= 15 is 4.57 Å². The normalized spacial score (nSPS) is 22.0. The van der Waals surface area contributed by atoms with E-state index in [9.17, 15) is 4.79 Å². The number of ether oxygens (including phenoxy) is 1. The van der Waals surface area contributed by atoms with Gasteiger partial charge >= 0.3 is 13.8 Å². The van der Waals surface area contributed by atoms with Crippen molar-refractivity contribution in [1.29, 1.82) is 0 Å². The number of methoxy groups -OCH3 is 1. The zero-order valence-corrected chi connectivity index (χ0v) is 43.6. The van der Waals surface area contributed by atoms with Gasteiger partial charge in [-0.3, -0.25) is 0 Å². The highest BCUT2D eigenvalue weighted by Crippen LogP contribution is 2.58. The molecule has 0 saturated heterocycles. The maximum atomic E-state index is 15.3. The van der Waals surface area contributed by atoms with Gasteiger partial charge in [0.1, 0.15) is 17.3 Å². The van der Waals surface area contributed by atoms with Crippen LogP contribution in [0.4, 0.5) is 0 Å². The minimum Gasteiger partial charge on any atom is -0.466 e. The minimum atomic E-state index is -4.56. The number of esters is 1. The summed E-state index contributed by atoms with van der Waals surface area (Å²) in [6.45, 7) is 25.7. The van der Waals surface area contributed by atoms with Gasteiger partial charge in [-0.1, -0.05) is 178 Å². The fourth-order valence-corrected chi connectivity index (χ4v) is 23.0. The molecule has 65 heavy (non-hydrogen) atoms. The Morgan fingerprint density at radius 2 is 1.20 bits per heavy atom. The van der Waals surface area contributed by atoms with Crippen molar-refractivity contribution in [3.63, 3.8) is 0 Å². The number of phosphoric acid groups is 1. The van der Waals surface area contributed by atoms with Gasteiger partial charge in [-0.2, -0.15) is 4.57 Å². The van der Waals surface area contributed by atoms with Gasteiger partial charge in [0.15, 0.2) is 0 Å². The number of rotatable bonds is 18. The van der Waals surface area contributed by atoms with Gasteiger partial charge in [0.05, 0.1) is 19.3 Å². The molecule has 6 atom stereocenters. The standard InChI is InChI=1S/C54H73O8PSi2/c1-38(2)64(39(3)4,40(5)6)62-49-34-33-41(7)52-47(49)35-42(8)53(48(52)37-58-65(54(9,10)11,45-29-21-15-22-30-45)46-31-23-16-24-32-46)50(36-51(55)57-12)61-63(56,59-43-25-17-13-18-26-43)60-44-27-19-14-20-28-44/h13-32,35-36,38-41,47-49,52-53H,33-34,37H2,1-12H3/b50-36-/t41-,47-,48-,49-,52+,53+/m0/s1. The van der Waals surface area contributed by atoms with Crippen LogP contribution in [0, 0.1) is 29.6 Å². The molecule has 0 spiro atoms. The van der Waals surface area contributed by atoms with Crippen LogP contribution in [0.2, 0.25) is 21.7 Å². The van der Waals surface area contributed by atoms with E-state index in [-0.39, 0.29) is 40.6 Å². The average Bonchev–Trinajstić information content (AvgIpc) is 3.26. The number of para-hydroxylation sites is 2. The van der Waals surface area contributed by atoms with Crippen LogP contribution in [0.5, 0.6) is 11.5 Å². The van der Waals surface area contributed by atoms with E-state index in [1.165, 1.54) is 23.6 Å². The van der Waals surface area contributed by atoms with Crippen LogP contribution in [0.15, 0.2) is 145 Å². The Kier molecular flexibility index (Phi) is 16.4. The molecular formula is C54H73O8PSi2. The molecule has 4 aromatic rings. The molecule has 0 heterocycles. The molecule has 0 radical (unpaired) electrons. The molecule has 11 heteroatoms. The second-order valence-corrected chi connectivity index (χ2v) is 31.3. The van der Waals surface area contributed by atoms with Crippen LogP contribution in [-0.2, 0) is 27.5 Å². The lowest BCUT2D eigenvalue weighted by atomic mass is 9.58. The highest BCUT2D eigenvalue weighted by atomic mass is 31.2. The number of carbonyl (C=O) groups is 1. The monoisotopic (exact) mass is 936 g/mol. The molecule has 350 valence electrons. The Morgan fingerprint density at radius 1 is 0.738 bits per heavy atom. The summed E-state index contributed by atoms with van der Waals surface area (Å²) in [4.78, 5) is 13.6. The molecule has 1 saturated carbocycles. The van der Waals surface area contributed by atoms with Crippen molar-refractivity contribution in [3.05, 3.63) is 145 Å². The summed E-state index contributed by atoms with van der Waals surface area (Å²) in [6, 6.07) is 39.0. The first-order valence-corrected chi connectivity index (χ1v) is 29.1. The van der Waals surface area contributed by atoms with Crippen LogP contribution in [-0.4, -0.2) is 42.4 Å². The molecule has 6 rings (SSSR count). The summed E-state index contributed by atoms with van der Waals surface area (Å²) >= 11 is 0. The Bertz CT molecular complexity index is 2150. The Hall–Kier alpha value is -4.19. The second-order valence-electron chi connectivity index (χ2n) is 20.1. The number of carbonyl (C=O) groups excluding carboxylic acids is 1. The summed E-state index contributed by atoms with van der Waals surface area (Å²) in [5.74, 6) is -0.427. The summed E-state index contributed by atoms with van der Waals surface area (Å²) in [7, 11) is -8.62. The highest BCUT2D eigenvalue weighted by Gasteiger charge is 2.56. The van der Waals surface area contributed by atoms with E-state index in [1.54, 1.807) is 48.5 Å². The van der Waals surface area contributed by atoms with Gasteiger partial charge in [0.2, 0.25) is 8.32 Å². The summed E-state index contributed by atoms with van der Waals surface area (Å²) < 4.78 is 55.4. The largest absolute Gasteiger partial charge is 0.646 e. The van der Waals surface area contributed by atoms with E-state index in [1.807, 2.05) is 12.1 Å².